The highest BCUT2D eigenvalue weighted by molar-refractivity contribution is 6.00. The highest BCUT2D eigenvalue weighted by atomic mass is 16.4. The number of aryl methyl sites for hydroxylation is 1. The standard InChI is InChI=1S/C19H18N4O3/c1-12-5-2-3-6-13(12)15-10-22(11-16(15)19(25)26)18(24)14-9-21-23-8-4-7-20-17(14)23/h2-9,15-16H,10-11H2,1H3,(H,25,26)/t15-,16+/m0/s1. The molecule has 0 unspecified atom stereocenters. The van der Waals surface area contributed by atoms with Gasteiger partial charge in [0.05, 0.1) is 12.1 Å². The van der Waals surface area contributed by atoms with Crippen LogP contribution in [0.4, 0.5) is 0 Å². The maximum atomic E-state index is 13.0. The number of fused-ring (bicyclic) bond motifs is 1. The van der Waals surface area contributed by atoms with Gasteiger partial charge in [-0.2, -0.15) is 5.10 Å². The minimum Gasteiger partial charge on any atom is -0.481 e. The van der Waals surface area contributed by atoms with Crippen molar-refractivity contribution in [3.63, 3.8) is 0 Å². The van der Waals surface area contributed by atoms with Gasteiger partial charge in [0, 0.05) is 31.4 Å². The van der Waals surface area contributed by atoms with Gasteiger partial charge in [-0.25, -0.2) is 9.50 Å². The van der Waals surface area contributed by atoms with Crippen LogP contribution < -0.4 is 0 Å². The first kappa shape index (κ1) is 16.3. The molecule has 3 aromatic rings. The average Bonchev–Trinajstić information content (AvgIpc) is 3.26. The summed E-state index contributed by atoms with van der Waals surface area (Å²) in [6.07, 6.45) is 4.81. The molecule has 1 N–H and O–H groups in total. The van der Waals surface area contributed by atoms with E-state index < -0.39 is 11.9 Å². The summed E-state index contributed by atoms with van der Waals surface area (Å²) in [5, 5.41) is 13.8. The van der Waals surface area contributed by atoms with Gasteiger partial charge < -0.3 is 10.0 Å². The number of benzene rings is 1. The molecule has 0 aliphatic carbocycles. The molecule has 1 fully saturated rings. The van der Waals surface area contributed by atoms with Gasteiger partial charge in [-0.1, -0.05) is 24.3 Å². The molecule has 26 heavy (non-hydrogen) atoms. The fourth-order valence-electron chi connectivity index (χ4n) is 3.69. The lowest BCUT2D eigenvalue weighted by atomic mass is 9.86. The first-order valence-electron chi connectivity index (χ1n) is 8.42. The molecule has 0 bridgehead atoms. The summed E-state index contributed by atoms with van der Waals surface area (Å²) in [5.74, 6) is -1.98. The van der Waals surface area contributed by atoms with E-state index in [1.165, 1.54) is 10.7 Å². The molecule has 1 aliphatic rings. The molecule has 132 valence electrons. The van der Waals surface area contributed by atoms with Crippen molar-refractivity contribution >= 4 is 17.5 Å². The summed E-state index contributed by atoms with van der Waals surface area (Å²) in [4.78, 5) is 30.6. The van der Waals surface area contributed by atoms with Gasteiger partial charge in [0.15, 0.2) is 5.65 Å². The predicted octanol–water partition coefficient (Wildman–Crippen LogP) is 1.98. The van der Waals surface area contributed by atoms with Gasteiger partial charge in [0.25, 0.3) is 5.91 Å². The highest BCUT2D eigenvalue weighted by Gasteiger charge is 2.41. The van der Waals surface area contributed by atoms with Crippen LogP contribution in [0.25, 0.3) is 5.65 Å². The molecule has 0 radical (unpaired) electrons. The Hall–Kier alpha value is -3.22. The normalized spacial score (nSPS) is 19.8. The van der Waals surface area contributed by atoms with Crippen molar-refractivity contribution in [1.29, 1.82) is 0 Å². The third kappa shape index (κ3) is 2.61. The molecule has 0 spiro atoms. The van der Waals surface area contributed by atoms with Crippen LogP contribution in [-0.2, 0) is 4.79 Å². The van der Waals surface area contributed by atoms with Crippen molar-refractivity contribution in [3.05, 3.63) is 65.6 Å². The van der Waals surface area contributed by atoms with E-state index in [1.54, 1.807) is 23.4 Å². The number of amides is 1. The zero-order valence-electron chi connectivity index (χ0n) is 14.2. The van der Waals surface area contributed by atoms with Crippen LogP contribution in [0.15, 0.2) is 48.9 Å². The van der Waals surface area contributed by atoms with E-state index in [-0.39, 0.29) is 18.4 Å². The maximum Gasteiger partial charge on any atom is 0.308 e. The number of carboxylic acids is 1. The third-order valence-electron chi connectivity index (χ3n) is 5.02. The van der Waals surface area contributed by atoms with Crippen molar-refractivity contribution < 1.29 is 14.7 Å². The van der Waals surface area contributed by atoms with Gasteiger partial charge in [-0.05, 0) is 24.1 Å². The first-order chi connectivity index (χ1) is 12.6. The van der Waals surface area contributed by atoms with E-state index in [0.29, 0.717) is 17.8 Å². The summed E-state index contributed by atoms with van der Waals surface area (Å²) in [5.41, 5.74) is 2.88. The second kappa shape index (κ2) is 6.25. The van der Waals surface area contributed by atoms with Gasteiger partial charge in [0.2, 0.25) is 0 Å². The number of hydrogen-bond donors (Lipinski definition) is 1. The Morgan fingerprint density at radius 1 is 1.19 bits per heavy atom. The molecule has 1 amide bonds. The number of carboxylic acid groups (broad SMARTS) is 1. The monoisotopic (exact) mass is 350 g/mol. The fraction of sp³-hybridized carbons (Fsp3) is 0.263. The molecule has 1 aliphatic heterocycles. The van der Waals surface area contributed by atoms with Crippen LogP contribution in [-0.4, -0.2) is 49.6 Å². The number of nitrogens with zero attached hydrogens (tertiary/aromatic N) is 4. The lowest BCUT2D eigenvalue weighted by molar-refractivity contribution is -0.141. The van der Waals surface area contributed by atoms with Crippen LogP contribution in [0, 0.1) is 12.8 Å². The number of aliphatic carboxylic acids is 1. The van der Waals surface area contributed by atoms with Crippen molar-refractivity contribution in [2.45, 2.75) is 12.8 Å². The predicted molar refractivity (Wildman–Crippen MR) is 93.9 cm³/mol. The van der Waals surface area contributed by atoms with Crippen LogP contribution >= 0.6 is 0 Å². The molecular formula is C19H18N4O3. The van der Waals surface area contributed by atoms with Gasteiger partial charge in [-0.15, -0.1) is 0 Å². The average molecular weight is 350 g/mol. The lowest BCUT2D eigenvalue weighted by Gasteiger charge is -2.17. The molecule has 1 saturated heterocycles. The fourth-order valence-corrected chi connectivity index (χ4v) is 3.69. The summed E-state index contributed by atoms with van der Waals surface area (Å²) in [6.45, 7) is 2.51. The van der Waals surface area contributed by atoms with Crippen molar-refractivity contribution in [2.75, 3.05) is 13.1 Å². The summed E-state index contributed by atoms with van der Waals surface area (Å²) in [6, 6.07) is 9.48. The second-order valence-electron chi connectivity index (χ2n) is 6.56. The van der Waals surface area contributed by atoms with E-state index in [4.69, 9.17) is 0 Å². The van der Waals surface area contributed by atoms with Gasteiger partial charge >= 0.3 is 5.97 Å². The minimum absolute atomic E-state index is 0.178. The minimum atomic E-state index is -0.883. The Morgan fingerprint density at radius 3 is 2.77 bits per heavy atom. The van der Waals surface area contributed by atoms with Gasteiger partial charge in [0.1, 0.15) is 5.56 Å². The smallest absolute Gasteiger partial charge is 0.308 e. The Balaban J connectivity index is 1.67. The first-order valence-corrected chi connectivity index (χ1v) is 8.42. The van der Waals surface area contributed by atoms with Crippen molar-refractivity contribution in [3.8, 4) is 0 Å². The molecule has 0 saturated carbocycles. The Bertz CT molecular complexity index is 997. The highest BCUT2D eigenvalue weighted by Crippen LogP contribution is 2.35. The van der Waals surface area contributed by atoms with E-state index in [2.05, 4.69) is 10.1 Å². The number of hydrogen-bond acceptors (Lipinski definition) is 4. The Labute approximate surface area is 149 Å². The molecule has 4 rings (SSSR count). The quantitative estimate of drug-likeness (QED) is 0.780. The molecule has 3 heterocycles. The summed E-state index contributed by atoms with van der Waals surface area (Å²) in [7, 11) is 0. The Kier molecular flexibility index (Phi) is 3.91. The molecule has 7 heteroatoms. The SMILES string of the molecule is Cc1ccccc1[C@@H]1CN(C(=O)c2cnn3cccnc23)C[C@H]1C(=O)O. The zero-order chi connectivity index (χ0) is 18.3. The van der Waals surface area contributed by atoms with E-state index in [9.17, 15) is 14.7 Å². The van der Waals surface area contributed by atoms with Crippen molar-refractivity contribution in [1.82, 2.24) is 19.5 Å². The third-order valence-corrected chi connectivity index (χ3v) is 5.02. The van der Waals surface area contributed by atoms with E-state index in [1.807, 2.05) is 31.2 Å². The number of carbonyl (C=O) groups excluding carboxylic acids is 1. The zero-order valence-corrected chi connectivity index (χ0v) is 14.2. The molecule has 2 aromatic heterocycles. The number of aromatic nitrogens is 3. The second-order valence-corrected chi connectivity index (χ2v) is 6.56. The topological polar surface area (TPSA) is 87.8 Å². The summed E-state index contributed by atoms with van der Waals surface area (Å²) >= 11 is 0. The van der Waals surface area contributed by atoms with Crippen LogP contribution in [0.5, 0.6) is 0 Å². The summed E-state index contributed by atoms with van der Waals surface area (Å²) < 4.78 is 1.54. The van der Waals surface area contributed by atoms with Crippen molar-refractivity contribution in [2.24, 2.45) is 5.92 Å². The molecule has 1 aromatic carbocycles. The molecule has 2 atom stereocenters. The van der Waals surface area contributed by atoms with Gasteiger partial charge in [-0.3, -0.25) is 9.59 Å². The largest absolute Gasteiger partial charge is 0.481 e. The molecular weight excluding hydrogens is 332 g/mol. The van der Waals surface area contributed by atoms with Crippen LogP contribution in [0.2, 0.25) is 0 Å². The maximum absolute atomic E-state index is 13.0. The number of likely N-dealkylation sites (tertiary alicyclic amines) is 1. The lowest BCUT2D eigenvalue weighted by Crippen LogP contribution is -2.29. The molecule has 7 nitrogen and oxygen atoms in total. The van der Waals surface area contributed by atoms with Crippen LogP contribution in [0.3, 0.4) is 0 Å². The van der Waals surface area contributed by atoms with E-state index in [0.717, 1.165) is 11.1 Å². The van der Waals surface area contributed by atoms with E-state index >= 15 is 0 Å². The number of rotatable bonds is 3. The Morgan fingerprint density at radius 2 is 2.00 bits per heavy atom. The number of carbonyl (C=O) groups is 2. The van der Waals surface area contributed by atoms with Crippen LogP contribution in [0.1, 0.15) is 27.4 Å².